The molecule has 2 saturated heterocycles. The highest BCUT2D eigenvalue weighted by molar-refractivity contribution is 8.00. The van der Waals surface area contributed by atoms with Crippen molar-refractivity contribution >= 4 is 23.6 Å². The molecule has 1 unspecified atom stereocenters. The lowest BCUT2D eigenvalue weighted by atomic mass is 10.1. The molecular weight excluding hydrogens is 216 g/mol. The second kappa shape index (κ2) is 4.02. The van der Waals surface area contributed by atoms with E-state index < -0.39 is 18.1 Å². The molecule has 0 aromatic rings. The van der Waals surface area contributed by atoms with Gasteiger partial charge in [-0.3, -0.25) is 4.79 Å². The Balaban J connectivity index is 2.23. The molecule has 2 fully saturated rings. The Hall–Kier alpha value is -0.750. The van der Waals surface area contributed by atoms with Gasteiger partial charge in [0, 0.05) is 5.75 Å². The summed E-state index contributed by atoms with van der Waals surface area (Å²) in [6, 6.07) is -1.20. The molecule has 0 bridgehead atoms. The number of rotatable bonds is 1. The fourth-order valence-electron chi connectivity index (χ4n) is 2.10. The Kier molecular flexibility index (Phi) is 2.88. The van der Waals surface area contributed by atoms with Crippen LogP contribution in [0.15, 0.2) is 0 Å². The molecule has 2 aliphatic heterocycles. The van der Waals surface area contributed by atoms with Gasteiger partial charge in [-0.1, -0.05) is 0 Å². The Morgan fingerprint density at radius 3 is 2.93 bits per heavy atom. The molecule has 2 rings (SSSR count). The third kappa shape index (κ3) is 1.83. The van der Waals surface area contributed by atoms with Crippen LogP contribution in [0.25, 0.3) is 0 Å². The molecular formula is C9H14N2O3S. The first-order valence-corrected chi connectivity index (χ1v) is 6.08. The van der Waals surface area contributed by atoms with Gasteiger partial charge in [0.15, 0.2) is 0 Å². The van der Waals surface area contributed by atoms with Gasteiger partial charge >= 0.3 is 5.97 Å². The summed E-state index contributed by atoms with van der Waals surface area (Å²) >= 11 is 1.55. The molecule has 15 heavy (non-hydrogen) atoms. The lowest BCUT2D eigenvalue weighted by Crippen LogP contribution is -2.50. The molecule has 1 amide bonds. The predicted molar refractivity (Wildman–Crippen MR) is 56.3 cm³/mol. The zero-order chi connectivity index (χ0) is 11.0. The predicted octanol–water partition coefficient (Wildman–Crippen LogP) is -0.148. The highest BCUT2D eigenvalue weighted by atomic mass is 32.2. The van der Waals surface area contributed by atoms with E-state index in [-0.39, 0.29) is 11.3 Å². The summed E-state index contributed by atoms with van der Waals surface area (Å²) in [5.41, 5.74) is 5.70. The average molecular weight is 230 g/mol. The fourth-order valence-corrected chi connectivity index (χ4v) is 3.55. The minimum Gasteiger partial charge on any atom is -0.480 e. The van der Waals surface area contributed by atoms with E-state index in [1.165, 1.54) is 4.90 Å². The van der Waals surface area contributed by atoms with Crippen LogP contribution in [0.4, 0.5) is 0 Å². The van der Waals surface area contributed by atoms with Crippen molar-refractivity contribution in [3.8, 4) is 0 Å². The number of amides is 1. The summed E-state index contributed by atoms with van der Waals surface area (Å²) in [6.45, 7) is 0. The van der Waals surface area contributed by atoms with Crippen LogP contribution in [0, 0.1) is 0 Å². The largest absolute Gasteiger partial charge is 0.480 e. The molecule has 0 aromatic carbocycles. The van der Waals surface area contributed by atoms with Crippen LogP contribution in [-0.4, -0.2) is 45.1 Å². The number of carboxylic acid groups (broad SMARTS) is 1. The van der Waals surface area contributed by atoms with E-state index >= 15 is 0 Å². The third-order valence-corrected chi connectivity index (χ3v) is 4.27. The molecule has 3 atom stereocenters. The number of carbonyl (C=O) groups is 2. The maximum atomic E-state index is 11.9. The van der Waals surface area contributed by atoms with Crippen LogP contribution in [-0.2, 0) is 9.59 Å². The van der Waals surface area contributed by atoms with E-state index in [1.807, 2.05) is 0 Å². The van der Waals surface area contributed by atoms with Crippen LogP contribution >= 0.6 is 11.8 Å². The number of carboxylic acids is 1. The molecule has 2 aliphatic rings. The third-order valence-electron chi connectivity index (χ3n) is 2.92. The summed E-state index contributed by atoms with van der Waals surface area (Å²) < 4.78 is 0. The molecule has 0 aromatic heterocycles. The van der Waals surface area contributed by atoms with E-state index in [0.717, 1.165) is 12.8 Å². The Bertz CT molecular complexity index is 297. The SMILES string of the molecule is N[C@H]1CCCC2SC[C@@H](C(=O)O)N2C1=O. The second-order valence-corrected chi connectivity index (χ2v) is 5.14. The molecule has 3 N–H and O–H groups in total. The van der Waals surface area contributed by atoms with Crippen LogP contribution in [0.3, 0.4) is 0 Å². The molecule has 0 spiro atoms. The van der Waals surface area contributed by atoms with Crippen molar-refractivity contribution in [1.82, 2.24) is 4.90 Å². The molecule has 2 heterocycles. The smallest absolute Gasteiger partial charge is 0.327 e. The van der Waals surface area contributed by atoms with Crippen molar-refractivity contribution in [1.29, 1.82) is 0 Å². The van der Waals surface area contributed by atoms with Gasteiger partial charge in [0.2, 0.25) is 5.91 Å². The zero-order valence-corrected chi connectivity index (χ0v) is 9.07. The second-order valence-electron chi connectivity index (χ2n) is 3.92. The summed E-state index contributed by atoms with van der Waals surface area (Å²) in [6.07, 6.45) is 2.42. The van der Waals surface area contributed by atoms with Crippen molar-refractivity contribution in [2.24, 2.45) is 5.73 Å². The van der Waals surface area contributed by atoms with Gasteiger partial charge in [-0.15, -0.1) is 11.8 Å². The van der Waals surface area contributed by atoms with Gasteiger partial charge in [0.25, 0.3) is 0 Å². The van der Waals surface area contributed by atoms with Crippen molar-refractivity contribution in [2.45, 2.75) is 36.7 Å². The molecule has 0 saturated carbocycles. The van der Waals surface area contributed by atoms with Crippen LogP contribution in [0.5, 0.6) is 0 Å². The average Bonchev–Trinajstić information content (AvgIpc) is 2.55. The van der Waals surface area contributed by atoms with Gasteiger partial charge < -0.3 is 15.7 Å². The first kappa shape index (κ1) is 10.8. The lowest BCUT2D eigenvalue weighted by molar-refractivity contribution is -0.149. The quantitative estimate of drug-likeness (QED) is 0.654. The number of hydrogen-bond donors (Lipinski definition) is 2. The normalized spacial score (nSPS) is 36.2. The van der Waals surface area contributed by atoms with E-state index in [9.17, 15) is 9.59 Å². The minimum atomic E-state index is -0.924. The first-order chi connectivity index (χ1) is 7.11. The van der Waals surface area contributed by atoms with E-state index in [2.05, 4.69) is 0 Å². The van der Waals surface area contributed by atoms with Gasteiger partial charge in [0.1, 0.15) is 6.04 Å². The molecule has 0 aliphatic carbocycles. The number of carbonyl (C=O) groups excluding carboxylic acids is 1. The van der Waals surface area contributed by atoms with Crippen molar-refractivity contribution in [3.63, 3.8) is 0 Å². The van der Waals surface area contributed by atoms with Crippen molar-refractivity contribution < 1.29 is 14.7 Å². The summed E-state index contributed by atoms with van der Waals surface area (Å²) in [4.78, 5) is 24.3. The van der Waals surface area contributed by atoms with Gasteiger partial charge in [0.05, 0.1) is 11.4 Å². The number of hydrogen-bond acceptors (Lipinski definition) is 4. The fraction of sp³-hybridized carbons (Fsp3) is 0.778. The number of fused-ring (bicyclic) bond motifs is 1. The van der Waals surface area contributed by atoms with Gasteiger partial charge in [-0.2, -0.15) is 0 Å². The summed E-state index contributed by atoms with van der Waals surface area (Å²) in [5.74, 6) is -0.638. The topological polar surface area (TPSA) is 83.6 Å². The van der Waals surface area contributed by atoms with E-state index in [4.69, 9.17) is 10.8 Å². The minimum absolute atomic E-state index is 0.0205. The number of aliphatic carboxylic acids is 1. The zero-order valence-electron chi connectivity index (χ0n) is 8.26. The highest BCUT2D eigenvalue weighted by Crippen LogP contribution is 2.35. The summed E-state index contributed by atoms with van der Waals surface area (Å²) in [5, 5.41) is 9.02. The van der Waals surface area contributed by atoms with E-state index in [0.29, 0.717) is 12.2 Å². The molecule has 84 valence electrons. The van der Waals surface area contributed by atoms with Crippen LogP contribution in [0.1, 0.15) is 19.3 Å². The van der Waals surface area contributed by atoms with Crippen molar-refractivity contribution in [2.75, 3.05) is 5.75 Å². The van der Waals surface area contributed by atoms with Crippen LogP contribution in [0.2, 0.25) is 0 Å². The molecule has 5 nitrogen and oxygen atoms in total. The maximum absolute atomic E-state index is 11.9. The van der Waals surface area contributed by atoms with Crippen molar-refractivity contribution in [3.05, 3.63) is 0 Å². The molecule has 6 heteroatoms. The first-order valence-electron chi connectivity index (χ1n) is 5.03. The van der Waals surface area contributed by atoms with Gasteiger partial charge in [-0.25, -0.2) is 4.79 Å². The standard InChI is InChI=1S/C9H14N2O3S/c10-5-2-1-3-7-11(8(5)12)6(4-15-7)9(13)14/h5-7H,1-4,10H2,(H,13,14)/t5-,6-,7?/m0/s1. The van der Waals surface area contributed by atoms with Crippen LogP contribution < -0.4 is 5.73 Å². The maximum Gasteiger partial charge on any atom is 0.327 e. The highest BCUT2D eigenvalue weighted by Gasteiger charge is 2.44. The Labute approximate surface area is 92.0 Å². The Morgan fingerprint density at radius 2 is 2.27 bits per heavy atom. The summed E-state index contributed by atoms with van der Waals surface area (Å²) in [7, 11) is 0. The number of nitrogens with zero attached hydrogens (tertiary/aromatic N) is 1. The lowest BCUT2D eigenvalue weighted by Gasteiger charge is -2.26. The van der Waals surface area contributed by atoms with E-state index in [1.54, 1.807) is 11.8 Å². The Morgan fingerprint density at radius 1 is 1.53 bits per heavy atom. The number of nitrogens with two attached hydrogens (primary N) is 1. The monoisotopic (exact) mass is 230 g/mol. The van der Waals surface area contributed by atoms with Gasteiger partial charge in [-0.05, 0) is 19.3 Å². The molecule has 0 radical (unpaired) electrons. The number of thioether (sulfide) groups is 1.